The second-order valence-corrected chi connectivity index (χ2v) is 5.19. The SMILES string of the molecule is CC(c1cc(F)ccc1O)N(C)C(CN)C1CC1. The molecule has 1 aromatic rings. The predicted molar refractivity (Wildman–Crippen MR) is 69.8 cm³/mol. The van der Waals surface area contributed by atoms with Crippen LogP contribution >= 0.6 is 0 Å². The molecule has 0 amide bonds. The van der Waals surface area contributed by atoms with Gasteiger partial charge in [0.2, 0.25) is 0 Å². The minimum absolute atomic E-state index is 0.0464. The average molecular weight is 252 g/mol. The van der Waals surface area contributed by atoms with Crippen LogP contribution in [0.25, 0.3) is 0 Å². The quantitative estimate of drug-likeness (QED) is 0.845. The van der Waals surface area contributed by atoms with E-state index in [0.717, 1.165) is 0 Å². The zero-order valence-corrected chi connectivity index (χ0v) is 10.9. The molecule has 1 aliphatic rings. The van der Waals surface area contributed by atoms with Crippen LogP contribution in [0.2, 0.25) is 0 Å². The Hall–Kier alpha value is -1.13. The highest BCUT2D eigenvalue weighted by Crippen LogP contribution is 2.38. The monoisotopic (exact) mass is 252 g/mol. The highest BCUT2D eigenvalue weighted by atomic mass is 19.1. The minimum Gasteiger partial charge on any atom is -0.508 e. The fourth-order valence-electron chi connectivity index (χ4n) is 2.54. The van der Waals surface area contributed by atoms with E-state index in [-0.39, 0.29) is 17.6 Å². The van der Waals surface area contributed by atoms with Gasteiger partial charge in [-0.1, -0.05) is 0 Å². The van der Waals surface area contributed by atoms with Crippen molar-refractivity contribution < 1.29 is 9.50 Å². The summed E-state index contributed by atoms with van der Waals surface area (Å²) in [6, 6.07) is 4.34. The number of likely N-dealkylation sites (N-methyl/N-ethyl adjacent to an activating group) is 1. The van der Waals surface area contributed by atoms with Gasteiger partial charge in [-0.2, -0.15) is 0 Å². The van der Waals surface area contributed by atoms with Crippen molar-refractivity contribution in [2.75, 3.05) is 13.6 Å². The van der Waals surface area contributed by atoms with Crippen LogP contribution in [-0.2, 0) is 0 Å². The van der Waals surface area contributed by atoms with Crippen molar-refractivity contribution in [2.24, 2.45) is 11.7 Å². The van der Waals surface area contributed by atoms with Crippen LogP contribution in [0.3, 0.4) is 0 Å². The van der Waals surface area contributed by atoms with E-state index in [9.17, 15) is 9.50 Å². The molecule has 0 heterocycles. The first-order valence-corrected chi connectivity index (χ1v) is 6.45. The largest absolute Gasteiger partial charge is 0.508 e. The maximum atomic E-state index is 13.3. The summed E-state index contributed by atoms with van der Waals surface area (Å²) < 4.78 is 13.3. The molecule has 1 fully saturated rings. The molecule has 2 unspecified atom stereocenters. The summed E-state index contributed by atoms with van der Waals surface area (Å²) in [6.07, 6.45) is 2.43. The Labute approximate surface area is 107 Å². The number of hydrogen-bond acceptors (Lipinski definition) is 3. The molecule has 3 nitrogen and oxygen atoms in total. The first-order valence-electron chi connectivity index (χ1n) is 6.45. The molecule has 1 aliphatic carbocycles. The fourth-order valence-corrected chi connectivity index (χ4v) is 2.54. The van der Waals surface area contributed by atoms with Crippen molar-refractivity contribution in [3.8, 4) is 5.75 Å². The van der Waals surface area contributed by atoms with E-state index in [1.54, 1.807) is 0 Å². The molecule has 0 radical (unpaired) electrons. The van der Waals surface area contributed by atoms with Crippen LogP contribution in [0.15, 0.2) is 18.2 Å². The molecule has 0 saturated heterocycles. The number of benzene rings is 1. The normalized spacial score (nSPS) is 18.9. The van der Waals surface area contributed by atoms with Crippen LogP contribution in [0.4, 0.5) is 4.39 Å². The lowest BCUT2D eigenvalue weighted by Gasteiger charge is -2.33. The van der Waals surface area contributed by atoms with Crippen LogP contribution in [0, 0.1) is 11.7 Å². The third-order valence-corrected chi connectivity index (χ3v) is 3.98. The lowest BCUT2D eigenvalue weighted by molar-refractivity contribution is 0.167. The number of aromatic hydroxyl groups is 1. The Morgan fingerprint density at radius 3 is 2.72 bits per heavy atom. The standard InChI is InChI=1S/C14H21FN2O/c1-9(12-7-11(15)5-6-14(12)18)17(2)13(8-16)10-3-4-10/h5-7,9-10,13,18H,3-4,8,16H2,1-2H3. The molecule has 1 aromatic carbocycles. The Balaban J connectivity index is 2.18. The van der Waals surface area contributed by atoms with Crippen molar-refractivity contribution in [1.82, 2.24) is 4.90 Å². The van der Waals surface area contributed by atoms with E-state index in [1.165, 1.54) is 31.0 Å². The number of rotatable bonds is 5. The minimum atomic E-state index is -0.321. The second-order valence-electron chi connectivity index (χ2n) is 5.19. The van der Waals surface area contributed by atoms with E-state index >= 15 is 0 Å². The summed E-state index contributed by atoms with van der Waals surface area (Å²) in [6.45, 7) is 2.57. The van der Waals surface area contributed by atoms with Gasteiger partial charge in [-0.3, -0.25) is 4.90 Å². The molecular weight excluding hydrogens is 231 g/mol. The molecule has 1 saturated carbocycles. The van der Waals surface area contributed by atoms with Gasteiger partial charge >= 0.3 is 0 Å². The first kappa shape index (κ1) is 13.3. The summed E-state index contributed by atoms with van der Waals surface area (Å²) >= 11 is 0. The lowest BCUT2D eigenvalue weighted by atomic mass is 10.0. The number of nitrogens with zero attached hydrogens (tertiary/aromatic N) is 1. The van der Waals surface area contributed by atoms with Gasteiger partial charge in [-0.25, -0.2) is 4.39 Å². The molecule has 3 N–H and O–H groups in total. The lowest BCUT2D eigenvalue weighted by Crippen LogP contribution is -2.41. The van der Waals surface area contributed by atoms with Crippen LogP contribution in [0.5, 0.6) is 5.75 Å². The molecule has 100 valence electrons. The Bertz CT molecular complexity index is 420. The predicted octanol–water partition coefficient (Wildman–Crippen LogP) is 2.26. The van der Waals surface area contributed by atoms with Crippen LogP contribution in [0.1, 0.15) is 31.4 Å². The van der Waals surface area contributed by atoms with Gasteiger partial charge in [0.05, 0.1) is 0 Å². The van der Waals surface area contributed by atoms with E-state index in [1.807, 2.05) is 14.0 Å². The summed E-state index contributed by atoms with van der Waals surface area (Å²) in [5, 5.41) is 9.84. The molecule has 0 bridgehead atoms. The highest BCUT2D eigenvalue weighted by molar-refractivity contribution is 5.35. The third kappa shape index (κ3) is 2.65. The summed E-state index contributed by atoms with van der Waals surface area (Å²) in [5.74, 6) is 0.472. The van der Waals surface area contributed by atoms with Crippen molar-refractivity contribution in [3.63, 3.8) is 0 Å². The summed E-state index contributed by atoms with van der Waals surface area (Å²) in [4.78, 5) is 2.14. The maximum Gasteiger partial charge on any atom is 0.123 e. The molecule has 4 heteroatoms. The molecule has 2 rings (SSSR count). The average Bonchev–Trinajstić information content (AvgIpc) is 3.16. The molecule has 18 heavy (non-hydrogen) atoms. The number of phenols is 1. The van der Waals surface area contributed by atoms with Gasteiger partial charge in [0.15, 0.2) is 0 Å². The fraction of sp³-hybridized carbons (Fsp3) is 0.571. The van der Waals surface area contributed by atoms with E-state index in [4.69, 9.17) is 5.73 Å². The van der Waals surface area contributed by atoms with E-state index < -0.39 is 0 Å². The summed E-state index contributed by atoms with van der Waals surface area (Å²) in [7, 11) is 1.99. The first-order chi connectivity index (χ1) is 8.54. The van der Waals surface area contributed by atoms with Crippen molar-refractivity contribution >= 4 is 0 Å². The van der Waals surface area contributed by atoms with Crippen LogP contribution < -0.4 is 5.73 Å². The van der Waals surface area contributed by atoms with E-state index in [2.05, 4.69) is 4.90 Å². The maximum absolute atomic E-state index is 13.3. The molecule has 0 aliphatic heterocycles. The van der Waals surface area contributed by atoms with Gasteiger partial charge in [0.25, 0.3) is 0 Å². The molecule has 0 spiro atoms. The van der Waals surface area contributed by atoms with Crippen molar-refractivity contribution in [1.29, 1.82) is 0 Å². The van der Waals surface area contributed by atoms with Gasteiger partial charge in [-0.05, 0) is 50.9 Å². The van der Waals surface area contributed by atoms with Crippen molar-refractivity contribution in [2.45, 2.75) is 31.8 Å². The van der Waals surface area contributed by atoms with Crippen molar-refractivity contribution in [3.05, 3.63) is 29.6 Å². The molecule has 2 atom stereocenters. The smallest absolute Gasteiger partial charge is 0.123 e. The third-order valence-electron chi connectivity index (χ3n) is 3.98. The summed E-state index contributed by atoms with van der Waals surface area (Å²) in [5.41, 5.74) is 6.44. The number of halogens is 1. The van der Waals surface area contributed by atoms with E-state index in [0.29, 0.717) is 24.1 Å². The van der Waals surface area contributed by atoms with Gasteiger partial charge in [0.1, 0.15) is 11.6 Å². The Morgan fingerprint density at radius 1 is 1.50 bits per heavy atom. The van der Waals surface area contributed by atoms with Gasteiger partial charge in [0, 0.05) is 24.2 Å². The molecule has 0 aromatic heterocycles. The second kappa shape index (κ2) is 5.24. The van der Waals surface area contributed by atoms with Gasteiger partial charge < -0.3 is 10.8 Å². The zero-order chi connectivity index (χ0) is 13.3. The number of nitrogens with two attached hydrogens (primary N) is 1. The topological polar surface area (TPSA) is 49.5 Å². The molecular formula is C14H21FN2O. The number of phenolic OH excluding ortho intramolecular Hbond substituents is 1. The Kier molecular flexibility index (Phi) is 3.88. The zero-order valence-electron chi connectivity index (χ0n) is 10.9. The van der Waals surface area contributed by atoms with Crippen LogP contribution in [-0.4, -0.2) is 29.6 Å². The van der Waals surface area contributed by atoms with Gasteiger partial charge in [-0.15, -0.1) is 0 Å². The highest BCUT2D eigenvalue weighted by Gasteiger charge is 2.35. The Morgan fingerprint density at radius 2 is 2.17 bits per heavy atom. The number of hydrogen-bond donors (Lipinski definition) is 2.